The highest BCUT2D eigenvalue weighted by Crippen LogP contribution is 2.55. The zero-order valence-electron chi connectivity index (χ0n) is 7.97. The molecule has 0 spiro atoms. The quantitative estimate of drug-likeness (QED) is 0.711. The summed E-state index contributed by atoms with van der Waals surface area (Å²) in [6, 6.07) is 2.60. The van der Waals surface area contributed by atoms with Gasteiger partial charge in [0.25, 0.3) is 0 Å². The number of furan rings is 1. The molecule has 13 heavy (non-hydrogen) atoms. The molecule has 2 heteroatoms. The number of hydrogen-bond donors (Lipinski definition) is 1. The Hall–Kier alpha value is -0.760. The van der Waals surface area contributed by atoms with Gasteiger partial charge in [-0.25, -0.2) is 0 Å². The highest BCUT2D eigenvalue weighted by atomic mass is 16.3. The van der Waals surface area contributed by atoms with Crippen LogP contribution in [-0.2, 0) is 6.42 Å². The Labute approximate surface area is 78.3 Å². The SMILES string of the molecule is CC1(C2NCCc3ccoc32)CC1. The molecule has 1 aromatic heterocycles. The molecule has 0 saturated heterocycles. The summed E-state index contributed by atoms with van der Waals surface area (Å²) in [5, 5.41) is 3.57. The van der Waals surface area contributed by atoms with E-state index >= 15 is 0 Å². The molecule has 1 aromatic rings. The molecule has 1 fully saturated rings. The molecule has 2 heterocycles. The first kappa shape index (κ1) is 7.63. The van der Waals surface area contributed by atoms with Crippen molar-refractivity contribution in [1.82, 2.24) is 5.32 Å². The maximum atomic E-state index is 5.57. The lowest BCUT2D eigenvalue weighted by Gasteiger charge is -2.27. The van der Waals surface area contributed by atoms with E-state index in [0.29, 0.717) is 11.5 Å². The molecule has 0 bridgehead atoms. The predicted octanol–water partition coefficient (Wildman–Crippen LogP) is 2.27. The molecule has 2 nitrogen and oxygen atoms in total. The van der Waals surface area contributed by atoms with Gasteiger partial charge in [-0.05, 0) is 36.3 Å². The maximum Gasteiger partial charge on any atom is 0.124 e. The Morgan fingerprint density at radius 3 is 3.15 bits per heavy atom. The average molecular weight is 177 g/mol. The van der Waals surface area contributed by atoms with Crippen molar-refractivity contribution >= 4 is 0 Å². The van der Waals surface area contributed by atoms with Gasteiger partial charge in [-0.2, -0.15) is 0 Å². The zero-order chi connectivity index (χ0) is 8.89. The van der Waals surface area contributed by atoms with Crippen LogP contribution in [0.4, 0.5) is 0 Å². The van der Waals surface area contributed by atoms with Gasteiger partial charge in [0.05, 0.1) is 12.3 Å². The largest absolute Gasteiger partial charge is 0.467 e. The Kier molecular flexibility index (Phi) is 1.40. The van der Waals surface area contributed by atoms with Gasteiger partial charge >= 0.3 is 0 Å². The fourth-order valence-corrected chi connectivity index (χ4v) is 2.30. The van der Waals surface area contributed by atoms with Crippen molar-refractivity contribution in [2.75, 3.05) is 6.54 Å². The third-order valence-electron chi connectivity index (χ3n) is 3.52. The van der Waals surface area contributed by atoms with Gasteiger partial charge in [0, 0.05) is 6.54 Å². The molecule has 1 aliphatic heterocycles. The summed E-state index contributed by atoms with van der Waals surface area (Å²) in [5.41, 5.74) is 1.89. The summed E-state index contributed by atoms with van der Waals surface area (Å²) in [6.45, 7) is 3.45. The molecule has 3 rings (SSSR count). The molecule has 0 radical (unpaired) electrons. The summed E-state index contributed by atoms with van der Waals surface area (Å²) in [7, 11) is 0. The van der Waals surface area contributed by atoms with E-state index in [1.54, 1.807) is 0 Å². The van der Waals surface area contributed by atoms with Crippen molar-refractivity contribution < 1.29 is 4.42 Å². The van der Waals surface area contributed by atoms with E-state index in [1.807, 2.05) is 6.26 Å². The van der Waals surface area contributed by atoms with Crippen LogP contribution in [0.1, 0.15) is 37.1 Å². The van der Waals surface area contributed by atoms with Gasteiger partial charge in [-0.1, -0.05) is 6.92 Å². The second-order valence-electron chi connectivity index (χ2n) is 4.60. The van der Waals surface area contributed by atoms with Crippen molar-refractivity contribution in [2.45, 2.75) is 32.2 Å². The Bertz CT molecular complexity index is 325. The lowest BCUT2D eigenvalue weighted by Crippen LogP contribution is -2.33. The molecule has 1 aliphatic carbocycles. The fraction of sp³-hybridized carbons (Fsp3) is 0.636. The number of nitrogens with one attached hydrogen (secondary N) is 1. The lowest BCUT2D eigenvalue weighted by molar-refractivity contribution is 0.294. The van der Waals surface area contributed by atoms with E-state index in [2.05, 4.69) is 18.3 Å². The summed E-state index contributed by atoms with van der Waals surface area (Å²) in [5.74, 6) is 1.20. The number of hydrogen-bond acceptors (Lipinski definition) is 2. The van der Waals surface area contributed by atoms with Crippen LogP contribution in [0.2, 0.25) is 0 Å². The van der Waals surface area contributed by atoms with E-state index < -0.39 is 0 Å². The normalized spacial score (nSPS) is 29.8. The van der Waals surface area contributed by atoms with Crippen molar-refractivity contribution in [3.8, 4) is 0 Å². The van der Waals surface area contributed by atoms with Gasteiger partial charge in [0.15, 0.2) is 0 Å². The minimum atomic E-state index is 0.478. The van der Waals surface area contributed by atoms with Crippen LogP contribution in [-0.4, -0.2) is 6.54 Å². The standard InChI is InChI=1S/C11H15NO/c1-11(4-5-11)10-9-8(2-6-12-10)3-7-13-9/h3,7,10,12H,2,4-6H2,1H3. The first-order chi connectivity index (χ1) is 6.30. The van der Waals surface area contributed by atoms with Crippen LogP contribution in [0, 0.1) is 5.41 Å². The van der Waals surface area contributed by atoms with Crippen LogP contribution < -0.4 is 5.32 Å². The summed E-state index contributed by atoms with van der Waals surface area (Å²) in [4.78, 5) is 0. The second kappa shape index (κ2) is 2.38. The monoisotopic (exact) mass is 177 g/mol. The fourth-order valence-electron chi connectivity index (χ4n) is 2.30. The first-order valence-electron chi connectivity index (χ1n) is 5.09. The molecule has 2 aliphatic rings. The van der Waals surface area contributed by atoms with Crippen LogP contribution in [0.5, 0.6) is 0 Å². The summed E-state index contributed by atoms with van der Waals surface area (Å²) < 4.78 is 5.57. The molecule has 70 valence electrons. The molecule has 1 saturated carbocycles. The van der Waals surface area contributed by atoms with Gasteiger partial charge in [0.2, 0.25) is 0 Å². The van der Waals surface area contributed by atoms with E-state index in [-0.39, 0.29) is 0 Å². The van der Waals surface area contributed by atoms with Gasteiger partial charge in [0.1, 0.15) is 5.76 Å². The summed E-state index contributed by atoms with van der Waals surface area (Å²) in [6.07, 6.45) is 5.63. The van der Waals surface area contributed by atoms with E-state index in [4.69, 9.17) is 4.42 Å². The minimum absolute atomic E-state index is 0.478. The number of rotatable bonds is 1. The van der Waals surface area contributed by atoms with Crippen molar-refractivity contribution in [3.63, 3.8) is 0 Å². The molecular weight excluding hydrogens is 162 g/mol. The van der Waals surface area contributed by atoms with Crippen LogP contribution >= 0.6 is 0 Å². The van der Waals surface area contributed by atoms with Crippen LogP contribution in [0.25, 0.3) is 0 Å². The molecule has 1 N–H and O–H groups in total. The topological polar surface area (TPSA) is 25.2 Å². The first-order valence-corrected chi connectivity index (χ1v) is 5.09. The van der Waals surface area contributed by atoms with Gasteiger partial charge in [-0.3, -0.25) is 0 Å². The lowest BCUT2D eigenvalue weighted by atomic mass is 9.91. The summed E-state index contributed by atoms with van der Waals surface area (Å²) >= 11 is 0. The Balaban J connectivity index is 2.00. The van der Waals surface area contributed by atoms with E-state index in [9.17, 15) is 0 Å². The smallest absolute Gasteiger partial charge is 0.124 e. The number of fused-ring (bicyclic) bond motifs is 1. The molecular formula is C11H15NO. The van der Waals surface area contributed by atoms with Crippen LogP contribution in [0.15, 0.2) is 16.7 Å². The molecule has 1 unspecified atom stereocenters. The molecule has 1 atom stereocenters. The molecule has 0 amide bonds. The maximum absolute atomic E-state index is 5.57. The highest BCUT2D eigenvalue weighted by Gasteiger charge is 2.48. The average Bonchev–Trinajstić information content (AvgIpc) is 2.72. The zero-order valence-corrected chi connectivity index (χ0v) is 7.97. The highest BCUT2D eigenvalue weighted by molar-refractivity contribution is 5.26. The van der Waals surface area contributed by atoms with Crippen molar-refractivity contribution in [3.05, 3.63) is 23.7 Å². The second-order valence-corrected chi connectivity index (χ2v) is 4.60. The Morgan fingerprint density at radius 1 is 1.54 bits per heavy atom. The Morgan fingerprint density at radius 2 is 2.38 bits per heavy atom. The van der Waals surface area contributed by atoms with E-state index in [0.717, 1.165) is 13.0 Å². The third kappa shape index (κ3) is 1.05. The minimum Gasteiger partial charge on any atom is -0.467 e. The van der Waals surface area contributed by atoms with E-state index in [1.165, 1.54) is 24.2 Å². The molecule has 0 aromatic carbocycles. The van der Waals surface area contributed by atoms with Crippen molar-refractivity contribution in [1.29, 1.82) is 0 Å². The van der Waals surface area contributed by atoms with Gasteiger partial charge < -0.3 is 9.73 Å². The predicted molar refractivity (Wildman–Crippen MR) is 50.5 cm³/mol. The van der Waals surface area contributed by atoms with Gasteiger partial charge in [-0.15, -0.1) is 0 Å². The third-order valence-corrected chi connectivity index (χ3v) is 3.52. The van der Waals surface area contributed by atoms with Crippen LogP contribution in [0.3, 0.4) is 0 Å². The van der Waals surface area contributed by atoms with Crippen molar-refractivity contribution in [2.24, 2.45) is 5.41 Å².